The molecule has 0 radical (unpaired) electrons. The molecule has 3 unspecified atom stereocenters. The van der Waals surface area contributed by atoms with E-state index in [1.54, 1.807) is 24.5 Å². The zero-order chi connectivity index (χ0) is 18.8. The largest absolute Gasteiger partial charge is 0.357 e. The van der Waals surface area contributed by atoms with E-state index in [1.807, 2.05) is 13.8 Å². The van der Waals surface area contributed by atoms with Crippen LogP contribution in [0.2, 0.25) is 0 Å². The normalized spacial score (nSPS) is 20.9. The molecular weight excluding hydrogens is 477 g/mol. The fourth-order valence-corrected chi connectivity index (χ4v) is 4.40. The summed E-state index contributed by atoms with van der Waals surface area (Å²) in [4.78, 5) is 20.4. The highest BCUT2D eigenvalue weighted by atomic mass is 127. The highest BCUT2D eigenvalue weighted by Gasteiger charge is 2.26. The van der Waals surface area contributed by atoms with Crippen molar-refractivity contribution in [2.45, 2.75) is 50.8 Å². The molecule has 0 bridgehead atoms. The fraction of sp³-hybridized carbons (Fsp3) is 0.611. The Bertz CT molecular complexity index is 629. The summed E-state index contributed by atoms with van der Waals surface area (Å²) in [7, 11) is -0.757. The molecule has 1 saturated carbocycles. The fourth-order valence-electron chi connectivity index (χ4n) is 3.05. The first-order chi connectivity index (χ1) is 12.6. The predicted molar refractivity (Wildman–Crippen MR) is 122 cm³/mol. The smallest absolute Gasteiger partial charge is 0.246 e. The number of aromatic nitrogens is 1. The quantitative estimate of drug-likeness (QED) is 0.299. The van der Waals surface area contributed by atoms with E-state index in [0.717, 1.165) is 25.7 Å². The third-order valence-electron chi connectivity index (χ3n) is 4.29. The summed E-state index contributed by atoms with van der Waals surface area (Å²) in [5.74, 6) is 1.14. The highest BCUT2D eigenvalue weighted by molar-refractivity contribution is 14.0. The average molecular weight is 507 g/mol. The number of carbonyl (C=O) groups is 1. The van der Waals surface area contributed by atoms with Gasteiger partial charge in [0.1, 0.15) is 6.54 Å². The molecule has 0 spiro atoms. The van der Waals surface area contributed by atoms with Crippen molar-refractivity contribution >= 4 is 52.3 Å². The van der Waals surface area contributed by atoms with Gasteiger partial charge in [-0.15, -0.1) is 24.0 Å². The van der Waals surface area contributed by atoms with Crippen LogP contribution in [0.4, 0.5) is 5.69 Å². The molecule has 9 heteroatoms. The van der Waals surface area contributed by atoms with Gasteiger partial charge < -0.3 is 16.0 Å². The molecule has 1 amide bonds. The topological polar surface area (TPSA) is 95.5 Å². The third-order valence-corrected chi connectivity index (χ3v) is 6.03. The summed E-state index contributed by atoms with van der Waals surface area (Å²) >= 11 is 0. The first-order valence-electron chi connectivity index (χ1n) is 9.24. The van der Waals surface area contributed by atoms with Crippen LogP contribution in [0.3, 0.4) is 0 Å². The Morgan fingerprint density at radius 3 is 2.85 bits per heavy atom. The van der Waals surface area contributed by atoms with Crippen molar-refractivity contribution in [2.75, 3.05) is 24.2 Å². The zero-order valence-electron chi connectivity index (χ0n) is 15.9. The number of carbonyl (C=O) groups excluding carboxylic acids is 1. The van der Waals surface area contributed by atoms with Crippen molar-refractivity contribution < 1.29 is 9.00 Å². The predicted octanol–water partition coefficient (Wildman–Crippen LogP) is 2.27. The summed E-state index contributed by atoms with van der Waals surface area (Å²) in [5.41, 5.74) is 0.655. The Morgan fingerprint density at radius 2 is 2.19 bits per heavy atom. The maximum atomic E-state index is 12.1. The van der Waals surface area contributed by atoms with E-state index in [-0.39, 0.29) is 47.7 Å². The maximum Gasteiger partial charge on any atom is 0.246 e. The number of hydrogen-bond donors (Lipinski definition) is 3. The number of aliphatic imine (C=N–C) groups is 1. The van der Waals surface area contributed by atoms with Gasteiger partial charge in [0.2, 0.25) is 5.91 Å². The van der Waals surface area contributed by atoms with Crippen molar-refractivity contribution in [3.05, 3.63) is 24.5 Å². The lowest BCUT2D eigenvalue weighted by atomic mass is 9.95. The van der Waals surface area contributed by atoms with Crippen LogP contribution in [0, 0.1) is 0 Å². The average Bonchev–Trinajstić information content (AvgIpc) is 2.66. The first-order valence-corrected chi connectivity index (χ1v) is 10.6. The molecule has 0 aliphatic heterocycles. The molecule has 0 aromatic carbocycles. The molecule has 1 heterocycles. The molecule has 152 valence electrons. The summed E-state index contributed by atoms with van der Waals surface area (Å²) < 4.78 is 12.1. The second-order valence-electron chi connectivity index (χ2n) is 6.28. The van der Waals surface area contributed by atoms with E-state index in [1.165, 1.54) is 0 Å². The van der Waals surface area contributed by atoms with Crippen LogP contribution in [0.5, 0.6) is 0 Å². The molecule has 1 aromatic rings. The monoisotopic (exact) mass is 507 g/mol. The summed E-state index contributed by atoms with van der Waals surface area (Å²) in [5, 5.41) is 9.60. The number of rotatable bonds is 7. The van der Waals surface area contributed by atoms with Crippen LogP contribution in [-0.2, 0) is 15.6 Å². The standard InChI is InChI=1S/C18H29N5O2S.HI/c1-3-20-18(21-13-17(24)22-15-8-6-10-19-12-15)23-14-7-5-9-16(11-14)26(25)4-2;/h6,8,10,12,14,16H,3-5,7,9,11,13H2,1-2H3,(H,22,24)(H2,20,21,23);1H. The second kappa shape index (κ2) is 13.0. The number of guanidine groups is 1. The number of amides is 1. The van der Waals surface area contributed by atoms with E-state index >= 15 is 0 Å². The first kappa shape index (κ1) is 23.8. The van der Waals surface area contributed by atoms with Crippen LogP contribution in [0.15, 0.2) is 29.5 Å². The van der Waals surface area contributed by atoms with Crippen molar-refractivity contribution in [3.63, 3.8) is 0 Å². The van der Waals surface area contributed by atoms with Gasteiger partial charge in [-0.25, -0.2) is 4.99 Å². The molecule has 2 rings (SSSR count). The minimum Gasteiger partial charge on any atom is -0.357 e. The van der Waals surface area contributed by atoms with Crippen molar-refractivity contribution in [1.82, 2.24) is 15.6 Å². The summed E-state index contributed by atoms with van der Waals surface area (Å²) in [6, 6.07) is 3.79. The number of nitrogens with zero attached hydrogens (tertiary/aromatic N) is 2. The lowest BCUT2D eigenvalue weighted by molar-refractivity contribution is -0.114. The van der Waals surface area contributed by atoms with Crippen LogP contribution >= 0.6 is 24.0 Å². The number of halogens is 1. The van der Waals surface area contributed by atoms with E-state index in [4.69, 9.17) is 0 Å². The molecule has 7 nitrogen and oxygen atoms in total. The Hall–Kier alpha value is -1.23. The molecule has 0 saturated heterocycles. The van der Waals surface area contributed by atoms with Gasteiger partial charge in [-0.1, -0.05) is 13.3 Å². The van der Waals surface area contributed by atoms with Crippen LogP contribution in [-0.4, -0.2) is 51.2 Å². The second-order valence-corrected chi connectivity index (χ2v) is 8.29. The minimum absolute atomic E-state index is 0. The van der Waals surface area contributed by atoms with Crippen molar-refractivity contribution in [1.29, 1.82) is 0 Å². The van der Waals surface area contributed by atoms with Crippen molar-refractivity contribution in [2.24, 2.45) is 4.99 Å². The molecule has 27 heavy (non-hydrogen) atoms. The van der Waals surface area contributed by atoms with Crippen LogP contribution in [0.25, 0.3) is 0 Å². The van der Waals surface area contributed by atoms with Gasteiger partial charge >= 0.3 is 0 Å². The molecular formula is C18H30IN5O2S. The Morgan fingerprint density at radius 1 is 1.37 bits per heavy atom. The van der Waals surface area contributed by atoms with Gasteiger partial charge in [-0.3, -0.25) is 14.0 Å². The van der Waals surface area contributed by atoms with Gasteiger partial charge in [0, 0.05) is 40.6 Å². The molecule has 1 aliphatic rings. The van der Waals surface area contributed by atoms with Crippen LogP contribution < -0.4 is 16.0 Å². The van der Waals surface area contributed by atoms with Gasteiger partial charge in [-0.2, -0.15) is 0 Å². The Balaban J connectivity index is 0.00000364. The maximum absolute atomic E-state index is 12.1. The Kier molecular flexibility index (Phi) is 11.5. The molecule has 3 N–H and O–H groups in total. The lowest BCUT2D eigenvalue weighted by Gasteiger charge is -2.30. The highest BCUT2D eigenvalue weighted by Crippen LogP contribution is 2.22. The summed E-state index contributed by atoms with van der Waals surface area (Å²) in [6.45, 7) is 4.70. The number of nitrogens with one attached hydrogen (secondary N) is 3. The SMILES string of the molecule is CCNC(=NCC(=O)Nc1cccnc1)NC1CCCC(S(=O)CC)C1.I. The van der Waals surface area contributed by atoms with Gasteiger partial charge in [-0.05, 0) is 38.3 Å². The number of pyridine rings is 1. The zero-order valence-corrected chi connectivity index (χ0v) is 19.1. The minimum atomic E-state index is -0.757. The molecule has 3 atom stereocenters. The van der Waals surface area contributed by atoms with Crippen molar-refractivity contribution in [3.8, 4) is 0 Å². The molecule has 1 aromatic heterocycles. The van der Waals surface area contributed by atoms with E-state index in [0.29, 0.717) is 23.9 Å². The molecule has 1 fully saturated rings. The Labute approximate surface area is 181 Å². The molecule has 1 aliphatic carbocycles. The van der Waals surface area contributed by atoms with Gasteiger partial charge in [0.15, 0.2) is 5.96 Å². The van der Waals surface area contributed by atoms with Gasteiger partial charge in [0.25, 0.3) is 0 Å². The number of anilines is 1. The third kappa shape index (κ3) is 8.54. The number of hydrogen-bond acceptors (Lipinski definition) is 4. The summed E-state index contributed by atoms with van der Waals surface area (Å²) in [6.07, 6.45) is 7.26. The van der Waals surface area contributed by atoms with E-state index in [9.17, 15) is 9.00 Å². The van der Waals surface area contributed by atoms with Crippen LogP contribution in [0.1, 0.15) is 39.5 Å². The van der Waals surface area contributed by atoms with E-state index in [2.05, 4.69) is 25.9 Å². The van der Waals surface area contributed by atoms with E-state index < -0.39 is 10.8 Å². The lowest BCUT2D eigenvalue weighted by Crippen LogP contribution is -2.47. The van der Waals surface area contributed by atoms with Gasteiger partial charge in [0.05, 0.1) is 11.9 Å².